The molecule has 138 valence electrons. The Morgan fingerprint density at radius 3 is 2.81 bits per heavy atom. The Hall–Kier alpha value is -2.73. The van der Waals surface area contributed by atoms with Gasteiger partial charge in [0, 0.05) is 18.2 Å². The number of rotatable bonds is 4. The lowest BCUT2D eigenvalue weighted by Crippen LogP contribution is -2.21. The van der Waals surface area contributed by atoms with Crippen molar-refractivity contribution in [2.75, 3.05) is 5.32 Å². The maximum atomic E-state index is 13.3. The molecule has 1 N–H and O–H groups in total. The molecule has 0 spiro atoms. The van der Waals surface area contributed by atoms with Crippen LogP contribution in [0.1, 0.15) is 41.2 Å². The fourth-order valence-corrected chi connectivity index (χ4v) is 3.54. The van der Waals surface area contributed by atoms with Crippen LogP contribution in [0.15, 0.2) is 42.6 Å². The van der Waals surface area contributed by atoms with Crippen LogP contribution in [0, 0.1) is 5.82 Å². The summed E-state index contributed by atoms with van der Waals surface area (Å²) in [5.74, 6) is 0.148. The van der Waals surface area contributed by atoms with E-state index in [-0.39, 0.29) is 10.9 Å². The summed E-state index contributed by atoms with van der Waals surface area (Å²) >= 11 is 6.12. The van der Waals surface area contributed by atoms with Crippen LogP contribution in [0.4, 0.5) is 10.2 Å². The second-order valence-corrected chi connectivity index (χ2v) is 7.09. The van der Waals surface area contributed by atoms with E-state index in [1.807, 2.05) is 0 Å². The van der Waals surface area contributed by atoms with Gasteiger partial charge in [-0.15, -0.1) is 0 Å². The Balaban J connectivity index is 1.60. The molecule has 0 aliphatic heterocycles. The lowest BCUT2D eigenvalue weighted by atomic mass is 9.80. The van der Waals surface area contributed by atoms with Gasteiger partial charge in [0.15, 0.2) is 0 Å². The topological polar surface area (TPSA) is 59.8 Å². The monoisotopic (exact) mass is 384 g/mol. The Labute approximate surface area is 161 Å². The van der Waals surface area contributed by atoms with Crippen LogP contribution >= 0.6 is 11.6 Å². The number of benzene rings is 1. The first kappa shape index (κ1) is 17.7. The van der Waals surface area contributed by atoms with Crippen LogP contribution < -0.4 is 5.32 Å². The van der Waals surface area contributed by atoms with Crippen molar-refractivity contribution < 1.29 is 9.18 Å². The Morgan fingerprint density at radius 1 is 1.30 bits per heavy atom. The number of amides is 1. The number of nitrogens with zero attached hydrogens (tertiary/aromatic N) is 3. The zero-order valence-electron chi connectivity index (χ0n) is 14.7. The van der Waals surface area contributed by atoms with Crippen molar-refractivity contribution in [2.24, 2.45) is 7.05 Å². The first-order valence-corrected chi connectivity index (χ1v) is 9.16. The van der Waals surface area contributed by atoms with Crippen LogP contribution in [0.25, 0.3) is 11.3 Å². The predicted octanol–water partition coefficient (Wildman–Crippen LogP) is 4.79. The molecule has 1 saturated carbocycles. The average Bonchev–Trinajstić information content (AvgIpc) is 2.95. The second kappa shape index (κ2) is 7.12. The summed E-state index contributed by atoms with van der Waals surface area (Å²) in [7, 11) is 1.76. The van der Waals surface area contributed by atoms with Gasteiger partial charge in [0.25, 0.3) is 5.91 Å². The normalized spacial score (nSPS) is 14.0. The van der Waals surface area contributed by atoms with Crippen molar-refractivity contribution in [3.63, 3.8) is 0 Å². The van der Waals surface area contributed by atoms with E-state index in [0.717, 1.165) is 18.4 Å². The van der Waals surface area contributed by atoms with Gasteiger partial charge in [-0.2, -0.15) is 5.10 Å². The first-order chi connectivity index (χ1) is 13.0. The van der Waals surface area contributed by atoms with Crippen molar-refractivity contribution >= 4 is 23.3 Å². The fourth-order valence-electron chi connectivity index (χ4n) is 3.28. The highest BCUT2D eigenvalue weighted by molar-refractivity contribution is 6.33. The van der Waals surface area contributed by atoms with E-state index in [1.54, 1.807) is 42.2 Å². The molecule has 0 unspecified atom stereocenters. The molecule has 0 radical (unpaired) electrons. The molecule has 1 amide bonds. The number of halogens is 2. The minimum Gasteiger partial charge on any atom is -0.305 e. The molecule has 4 rings (SSSR count). The number of anilines is 1. The van der Waals surface area contributed by atoms with Crippen LogP contribution in [-0.4, -0.2) is 20.7 Å². The fraction of sp³-hybridized carbons (Fsp3) is 0.250. The highest BCUT2D eigenvalue weighted by atomic mass is 35.5. The molecule has 2 aromatic heterocycles. The van der Waals surface area contributed by atoms with E-state index in [0.29, 0.717) is 28.7 Å². The summed E-state index contributed by atoms with van der Waals surface area (Å²) in [5, 5.41) is 7.36. The minimum atomic E-state index is -0.409. The SMILES string of the molecule is Cn1ncc(C2CCC2)c1C(=O)Nc1cccc(-c2ccc(F)cc2Cl)n1. The molecule has 1 fully saturated rings. The van der Waals surface area contributed by atoms with Gasteiger partial charge in [-0.3, -0.25) is 9.48 Å². The van der Waals surface area contributed by atoms with E-state index in [1.165, 1.54) is 18.6 Å². The third-order valence-electron chi connectivity index (χ3n) is 4.92. The summed E-state index contributed by atoms with van der Waals surface area (Å²) in [6.45, 7) is 0. The number of aryl methyl sites for hydroxylation is 1. The molecular formula is C20H18ClFN4O. The zero-order valence-corrected chi connectivity index (χ0v) is 15.5. The summed E-state index contributed by atoms with van der Waals surface area (Å²) in [5.41, 5.74) is 2.71. The van der Waals surface area contributed by atoms with Gasteiger partial charge in [0.05, 0.1) is 16.9 Å². The van der Waals surface area contributed by atoms with Crippen molar-refractivity contribution in [3.8, 4) is 11.3 Å². The van der Waals surface area contributed by atoms with Crippen LogP contribution in [0.3, 0.4) is 0 Å². The van der Waals surface area contributed by atoms with E-state index < -0.39 is 5.82 Å². The number of hydrogen-bond donors (Lipinski definition) is 1. The molecule has 1 aliphatic rings. The quantitative estimate of drug-likeness (QED) is 0.703. The largest absolute Gasteiger partial charge is 0.305 e. The lowest BCUT2D eigenvalue weighted by molar-refractivity contribution is 0.101. The van der Waals surface area contributed by atoms with Gasteiger partial charge in [-0.25, -0.2) is 9.37 Å². The molecule has 1 aliphatic carbocycles. The molecule has 0 saturated heterocycles. The highest BCUT2D eigenvalue weighted by Crippen LogP contribution is 2.38. The minimum absolute atomic E-state index is 0.244. The number of carbonyl (C=O) groups is 1. The van der Waals surface area contributed by atoms with Gasteiger partial charge in [-0.1, -0.05) is 24.1 Å². The zero-order chi connectivity index (χ0) is 19.0. The molecule has 2 heterocycles. The van der Waals surface area contributed by atoms with E-state index in [9.17, 15) is 9.18 Å². The Morgan fingerprint density at radius 2 is 2.11 bits per heavy atom. The van der Waals surface area contributed by atoms with Gasteiger partial charge in [-0.05, 0) is 49.1 Å². The summed E-state index contributed by atoms with van der Waals surface area (Å²) in [4.78, 5) is 17.3. The Bertz CT molecular complexity index is 1010. The first-order valence-electron chi connectivity index (χ1n) is 8.78. The molecule has 1 aromatic carbocycles. The molecule has 7 heteroatoms. The standard InChI is InChI=1S/C20H18ClFN4O/c1-26-19(15(11-23-26)12-4-2-5-12)20(27)25-18-7-3-6-17(24-18)14-9-8-13(22)10-16(14)21/h3,6-12H,2,4-5H2,1H3,(H,24,25,27). The molecular weight excluding hydrogens is 367 g/mol. The van der Waals surface area contributed by atoms with Crippen LogP contribution in [-0.2, 0) is 7.05 Å². The third kappa shape index (κ3) is 3.45. The second-order valence-electron chi connectivity index (χ2n) is 6.69. The van der Waals surface area contributed by atoms with E-state index in [4.69, 9.17) is 11.6 Å². The van der Waals surface area contributed by atoms with Crippen LogP contribution in [0.5, 0.6) is 0 Å². The molecule has 0 atom stereocenters. The van der Waals surface area contributed by atoms with Crippen molar-refractivity contribution in [1.82, 2.24) is 14.8 Å². The van der Waals surface area contributed by atoms with Gasteiger partial charge in [0.1, 0.15) is 17.3 Å². The summed E-state index contributed by atoms with van der Waals surface area (Å²) in [6.07, 6.45) is 5.13. The van der Waals surface area contributed by atoms with Gasteiger partial charge < -0.3 is 5.32 Å². The van der Waals surface area contributed by atoms with Crippen molar-refractivity contribution in [2.45, 2.75) is 25.2 Å². The maximum absolute atomic E-state index is 13.3. The van der Waals surface area contributed by atoms with Crippen molar-refractivity contribution in [3.05, 3.63) is 64.7 Å². The molecule has 5 nitrogen and oxygen atoms in total. The Kier molecular flexibility index (Phi) is 4.66. The highest BCUT2D eigenvalue weighted by Gasteiger charge is 2.27. The van der Waals surface area contributed by atoms with Gasteiger partial charge >= 0.3 is 0 Å². The summed E-state index contributed by atoms with van der Waals surface area (Å²) < 4.78 is 14.9. The number of aromatic nitrogens is 3. The van der Waals surface area contributed by atoms with Gasteiger partial charge in [0.2, 0.25) is 0 Å². The average molecular weight is 385 g/mol. The van der Waals surface area contributed by atoms with E-state index in [2.05, 4.69) is 15.4 Å². The number of hydrogen-bond acceptors (Lipinski definition) is 3. The number of nitrogens with one attached hydrogen (secondary N) is 1. The maximum Gasteiger partial charge on any atom is 0.275 e. The number of carbonyl (C=O) groups excluding carboxylic acids is 1. The number of pyridine rings is 1. The molecule has 0 bridgehead atoms. The van der Waals surface area contributed by atoms with E-state index >= 15 is 0 Å². The summed E-state index contributed by atoms with van der Waals surface area (Å²) in [6, 6.07) is 9.38. The lowest BCUT2D eigenvalue weighted by Gasteiger charge is -2.25. The third-order valence-corrected chi connectivity index (χ3v) is 5.24. The van der Waals surface area contributed by atoms with Crippen LogP contribution in [0.2, 0.25) is 5.02 Å². The molecule has 3 aromatic rings. The smallest absolute Gasteiger partial charge is 0.275 e. The van der Waals surface area contributed by atoms with Crippen molar-refractivity contribution in [1.29, 1.82) is 0 Å². The predicted molar refractivity (Wildman–Crippen MR) is 102 cm³/mol. The molecule has 27 heavy (non-hydrogen) atoms.